The number of amides is 1. The molecule has 2 N–H and O–H groups in total. The molecule has 8 nitrogen and oxygen atoms in total. The number of carbonyl (C=O) groups excluding carboxylic acids is 1. The minimum absolute atomic E-state index is 0.0228. The van der Waals surface area contributed by atoms with Crippen LogP contribution in [0.25, 0.3) is 10.8 Å². The van der Waals surface area contributed by atoms with Gasteiger partial charge in [-0.15, -0.1) is 0 Å². The lowest BCUT2D eigenvalue weighted by Gasteiger charge is -2.34. The number of thioether (sulfide) groups is 1. The molecular weight excluding hydrogens is 358 g/mol. The Bertz CT molecular complexity index is 951. The third kappa shape index (κ3) is 3.82. The summed E-state index contributed by atoms with van der Waals surface area (Å²) >= 11 is 1.63. The molecule has 1 atom stereocenters. The second kappa shape index (κ2) is 7.77. The fourth-order valence-corrected chi connectivity index (χ4v) is 4.17. The number of hydrogen-bond donors (Lipinski definition) is 2. The number of aromatic nitrogens is 2. The summed E-state index contributed by atoms with van der Waals surface area (Å²) < 4.78 is 1.15. The number of H-pyrrole nitrogens is 1. The number of carboxylic acid groups (broad SMARTS) is 1. The molecule has 2 aromatic rings. The Labute approximate surface area is 152 Å². The number of rotatable bonds is 5. The standard InChI is InChI=1S/C17H19N3O5S/c21-14(19-7-8-26-10-11(19)9-15(22)23)5-6-20-17(25)13-4-2-1-3-12(13)16(24)18-20/h1-4,11H,5-10H2,(H,18,24)(H,22,23). The summed E-state index contributed by atoms with van der Waals surface area (Å²) in [5.74, 6) is 0.196. The van der Waals surface area contributed by atoms with Gasteiger partial charge in [-0.25, -0.2) is 4.68 Å². The predicted octanol–water partition coefficient (Wildman–Crippen LogP) is 0.499. The van der Waals surface area contributed by atoms with Crippen molar-refractivity contribution < 1.29 is 14.7 Å². The fraction of sp³-hybridized carbons (Fsp3) is 0.412. The Morgan fingerprint density at radius 1 is 1.23 bits per heavy atom. The number of hydrogen-bond acceptors (Lipinski definition) is 5. The summed E-state index contributed by atoms with van der Waals surface area (Å²) in [5, 5.41) is 12.1. The summed E-state index contributed by atoms with van der Waals surface area (Å²) in [6, 6.07) is 6.18. The van der Waals surface area contributed by atoms with Gasteiger partial charge >= 0.3 is 5.97 Å². The van der Waals surface area contributed by atoms with Crippen molar-refractivity contribution in [2.24, 2.45) is 0 Å². The van der Waals surface area contributed by atoms with E-state index in [4.69, 9.17) is 5.11 Å². The van der Waals surface area contributed by atoms with E-state index in [0.717, 1.165) is 10.4 Å². The number of carboxylic acids is 1. The lowest BCUT2D eigenvalue weighted by Crippen LogP contribution is -2.47. The predicted molar refractivity (Wildman–Crippen MR) is 98.5 cm³/mol. The Kier molecular flexibility index (Phi) is 5.46. The van der Waals surface area contributed by atoms with Crippen molar-refractivity contribution in [1.29, 1.82) is 0 Å². The molecule has 1 fully saturated rings. The molecule has 0 aliphatic carbocycles. The SMILES string of the molecule is O=C(O)CC1CSCCN1C(=O)CCn1[nH]c(=O)c2ccccc2c1=O. The van der Waals surface area contributed by atoms with Crippen LogP contribution in [0.15, 0.2) is 33.9 Å². The average molecular weight is 377 g/mol. The van der Waals surface area contributed by atoms with Crippen LogP contribution in [-0.4, -0.2) is 55.8 Å². The van der Waals surface area contributed by atoms with Gasteiger partial charge in [0.1, 0.15) is 0 Å². The van der Waals surface area contributed by atoms with E-state index in [9.17, 15) is 19.2 Å². The lowest BCUT2D eigenvalue weighted by molar-refractivity contribution is -0.140. The van der Waals surface area contributed by atoms with Gasteiger partial charge in [-0.2, -0.15) is 11.8 Å². The zero-order valence-corrected chi connectivity index (χ0v) is 14.8. The molecule has 26 heavy (non-hydrogen) atoms. The van der Waals surface area contributed by atoms with E-state index in [1.165, 1.54) is 0 Å². The first-order chi connectivity index (χ1) is 12.5. The number of nitrogens with one attached hydrogen (secondary N) is 1. The zero-order chi connectivity index (χ0) is 18.7. The Balaban J connectivity index is 1.76. The molecule has 1 aromatic heterocycles. The summed E-state index contributed by atoms with van der Waals surface area (Å²) in [7, 11) is 0. The first-order valence-corrected chi connectivity index (χ1v) is 9.43. The van der Waals surface area contributed by atoms with Crippen LogP contribution in [-0.2, 0) is 16.1 Å². The molecule has 1 aliphatic heterocycles. The van der Waals surface area contributed by atoms with Gasteiger partial charge in [0.25, 0.3) is 11.1 Å². The van der Waals surface area contributed by atoms with Crippen molar-refractivity contribution in [3.8, 4) is 0 Å². The summed E-state index contributed by atoms with van der Waals surface area (Å²) in [5.41, 5.74) is -0.741. The van der Waals surface area contributed by atoms with Crippen molar-refractivity contribution in [2.75, 3.05) is 18.1 Å². The molecule has 1 unspecified atom stereocenters. The normalized spacial score (nSPS) is 17.4. The van der Waals surface area contributed by atoms with E-state index in [0.29, 0.717) is 23.1 Å². The van der Waals surface area contributed by atoms with Crippen LogP contribution >= 0.6 is 11.8 Å². The topological polar surface area (TPSA) is 112 Å². The van der Waals surface area contributed by atoms with Gasteiger partial charge in [0.15, 0.2) is 0 Å². The summed E-state index contributed by atoms with van der Waals surface area (Å²) in [6.45, 7) is 0.533. The Morgan fingerprint density at radius 3 is 2.69 bits per heavy atom. The highest BCUT2D eigenvalue weighted by molar-refractivity contribution is 7.99. The molecule has 1 amide bonds. The third-order valence-corrected chi connectivity index (χ3v) is 5.48. The fourth-order valence-electron chi connectivity index (χ4n) is 3.11. The van der Waals surface area contributed by atoms with E-state index in [1.807, 2.05) is 0 Å². The molecule has 3 rings (SSSR count). The van der Waals surface area contributed by atoms with Crippen LogP contribution in [0.5, 0.6) is 0 Å². The average Bonchev–Trinajstić information content (AvgIpc) is 2.63. The minimum atomic E-state index is -0.939. The molecule has 1 aliphatic rings. The molecule has 0 radical (unpaired) electrons. The van der Waals surface area contributed by atoms with Crippen LogP contribution < -0.4 is 11.1 Å². The number of fused-ring (bicyclic) bond motifs is 1. The number of carbonyl (C=O) groups is 2. The first kappa shape index (κ1) is 18.2. The monoisotopic (exact) mass is 377 g/mol. The molecule has 1 saturated heterocycles. The molecule has 1 aromatic carbocycles. The van der Waals surface area contributed by atoms with Gasteiger partial charge in [-0.05, 0) is 12.1 Å². The van der Waals surface area contributed by atoms with E-state index in [-0.39, 0.29) is 42.5 Å². The van der Waals surface area contributed by atoms with Gasteiger partial charge in [0, 0.05) is 24.5 Å². The molecule has 0 bridgehead atoms. The number of aryl methyl sites for hydroxylation is 1. The Hall–Kier alpha value is -2.55. The number of benzene rings is 1. The van der Waals surface area contributed by atoms with Gasteiger partial charge in [-0.1, -0.05) is 12.1 Å². The van der Waals surface area contributed by atoms with Gasteiger partial charge in [0.05, 0.1) is 29.8 Å². The third-order valence-electron chi connectivity index (χ3n) is 4.39. The van der Waals surface area contributed by atoms with E-state index < -0.39 is 5.97 Å². The van der Waals surface area contributed by atoms with Gasteiger partial charge in [-0.3, -0.25) is 24.3 Å². The maximum absolute atomic E-state index is 12.5. The van der Waals surface area contributed by atoms with Crippen LogP contribution in [0.1, 0.15) is 12.8 Å². The maximum atomic E-state index is 12.5. The minimum Gasteiger partial charge on any atom is -0.481 e. The molecule has 138 valence electrons. The van der Waals surface area contributed by atoms with E-state index in [2.05, 4.69) is 5.10 Å². The van der Waals surface area contributed by atoms with E-state index in [1.54, 1.807) is 40.9 Å². The second-order valence-electron chi connectivity index (χ2n) is 6.11. The maximum Gasteiger partial charge on any atom is 0.305 e. The van der Waals surface area contributed by atoms with Crippen molar-refractivity contribution >= 4 is 34.4 Å². The molecule has 2 heterocycles. The first-order valence-electron chi connectivity index (χ1n) is 8.28. The number of aliphatic carboxylic acids is 1. The largest absolute Gasteiger partial charge is 0.481 e. The molecule has 0 spiro atoms. The van der Waals surface area contributed by atoms with Gasteiger partial charge < -0.3 is 10.0 Å². The second-order valence-corrected chi connectivity index (χ2v) is 7.26. The van der Waals surface area contributed by atoms with Crippen molar-refractivity contribution in [1.82, 2.24) is 14.7 Å². The van der Waals surface area contributed by atoms with Gasteiger partial charge in [0.2, 0.25) is 5.91 Å². The number of aromatic amines is 1. The molecule has 9 heteroatoms. The van der Waals surface area contributed by atoms with Crippen molar-refractivity contribution in [3.63, 3.8) is 0 Å². The lowest BCUT2D eigenvalue weighted by atomic mass is 10.1. The van der Waals surface area contributed by atoms with Crippen LogP contribution in [0.2, 0.25) is 0 Å². The summed E-state index contributed by atoms with van der Waals surface area (Å²) in [4.78, 5) is 49.7. The highest BCUT2D eigenvalue weighted by Gasteiger charge is 2.28. The zero-order valence-electron chi connectivity index (χ0n) is 14.0. The molecule has 0 saturated carbocycles. The molecular formula is C17H19N3O5S. The van der Waals surface area contributed by atoms with Crippen molar-refractivity contribution in [2.45, 2.75) is 25.4 Å². The van der Waals surface area contributed by atoms with E-state index >= 15 is 0 Å². The Morgan fingerprint density at radius 2 is 1.96 bits per heavy atom. The number of nitrogens with zero attached hydrogens (tertiary/aromatic N) is 2. The highest BCUT2D eigenvalue weighted by atomic mass is 32.2. The van der Waals surface area contributed by atoms with Crippen molar-refractivity contribution in [3.05, 3.63) is 45.0 Å². The van der Waals surface area contributed by atoms with Crippen LogP contribution in [0, 0.1) is 0 Å². The highest BCUT2D eigenvalue weighted by Crippen LogP contribution is 2.20. The smallest absolute Gasteiger partial charge is 0.305 e. The van der Waals surface area contributed by atoms with Crippen LogP contribution in [0.4, 0.5) is 0 Å². The quantitative estimate of drug-likeness (QED) is 0.785. The summed E-state index contributed by atoms with van der Waals surface area (Å²) in [6.07, 6.45) is -0.0690. The van der Waals surface area contributed by atoms with Crippen LogP contribution in [0.3, 0.4) is 0 Å².